The fourth-order valence-electron chi connectivity index (χ4n) is 1.75. The molecule has 2 aromatic rings. The van der Waals surface area contributed by atoms with Crippen molar-refractivity contribution >= 4 is 11.3 Å². The van der Waals surface area contributed by atoms with Crippen molar-refractivity contribution in [2.75, 3.05) is 0 Å². The van der Waals surface area contributed by atoms with Crippen LogP contribution in [0.3, 0.4) is 0 Å². The number of aromatic amines is 1. The zero-order valence-corrected chi connectivity index (χ0v) is 10.2. The maximum Gasteiger partial charge on any atom is 0.254 e. The number of rotatable bonds is 3. The van der Waals surface area contributed by atoms with Gasteiger partial charge in [0.15, 0.2) is 0 Å². The number of hydrogen-bond acceptors (Lipinski definition) is 3. The highest BCUT2D eigenvalue weighted by molar-refractivity contribution is 7.09. The molecule has 0 aromatic carbocycles. The van der Waals surface area contributed by atoms with Crippen LogP contribution < -0.4 is 5.56 Å². The summed E-state index contributed by atoms with van der Waals surface area (Å²) < 4.78 is 0. The van der Waals surface area contributed by atoms with E-state index in [1.807, 2.05) is 31.4 Å². The lowest BCUT2D eigenvalue weighted by atomic mass is 10.2. The zero-order chi connectivity index (χ0) is 11.5. The molecule has 1 N–H and O–H groups in total. The number of thiophene rings is 1. The summed E-state index contributed by atoms with van der Waals surface area (Å²) in [6.07, 6.45) is 1.44. The molecule has 3 nitrogen and oxygen atoms in total. The molecular formula is C12H14N2OS. The Morgan fingerprint density at radius 1 is 1.50 bits per heavy atom. The van der Waals surface area contributed by atoms with Gasteiger partial charge in [0.05, 0.1) is 0 Å². The Balaban J connectivity index is 2.34. The molecule has 0 fully saturated rings. The molecule has 2 rings (SSSR count). The summed E-state index contributed by atoms with van der Waals surface area (Å²) >= 11 is 1.68. The van der Waals surface area contributed by atoms with Crippen molar-refractivity contribution < 1.29 is 0 Å². The molecular weight excluding hydrogens is 220 g/mol. The second-order valence-electron chi connectivity index (χ2n) is 3.69. The smallest absolute Gasteiger partial charge is 0.254 e. The van der Waals surface area contributed by atoms with Gasteiger partial charge in [-0.1, -0.05) is 13.0 Å². The lowest BCUT2D eigenvalue weighted by molar-refractivity contribution is 0.884. The highest BCUT2D eigenvalue weighted by Crippen LogP contribution is 2.12. The largest absolute Gasteiger partial charge is 0.310 e. The first-order valence-corrected chi connectivity index (χ1v) is 6.19. The van der Waals surface area contributed by atoms with Crippen LogP contribution in [0.15, 0.2) is 22.3 Å². The summed E-state index contributed by atoms with van der Waals surface area (Å²) in [4.78, 5) is 20.2. The summed E-state index contributed by atoms with van der Waals surface area (Å²) in [5, 5.41) is 2.03. The van der Waals surface area contributed by atoms with Crippen LogP contribution in [0.2, 0.25) is 0 Å². The normalized spacial score (nSPS) is 10.6. The van der Waals surface area contributed by atoms with Gasteiger partial charge in [-0.05, 0) is 24.8 Å². The van der Waals surface area contributed by atoms with E-state index in [4.69, 9.17) is 0 Å². The van der Waals surface area contributed by atoms with Crippen molar-refractivity contribution in [3.8, 4) is 0 Å². The van der Waals surface area contributed by atoms with Crippen LogP contribution in [-0.2, 0) is 12.8 Å². The predicted octanol–water partition coefficient (Wildman–Crippen LogP) is 2.29. The van der Waals surface area contributed by atoms with Crippen LogP contribution in [0.5, 0.6) is 0 Å². The lowest BCUT2D eigenvalue weighted by Gasteiger charge is -2.04. The van der Waals surface area contributed by atoms with Gasteiger partial charge in [-0.2, -0.15) is 0 Å². The van der Waals surface area contributed by atoms with E-state index < -0.39 is 0 Å². The lowest BCUT2D eigenvalue weighted by Crippen LogP contribution is -2.18. The maximum atomic E-state index is 11.7. The molecule has 0 bridgehead atoms. The van der Waals surface area contributed by atoms with Crippen molar-refractivity contribution in [2.45, 2.75) is 26.7 Å². The molecule has 2 aromatic heterocycles. The maximum absolute atomic E-state index is 11.7. The third-order valence-electron chi connectivity index (χ3n) is 2.55. The Morgan fingerprint density at radius 3 is 2.88 bits per heavy atom. The van der Waals surface area contributed by atoms with E-state index in [9.17, 15) is 4.79 Å². The second kappa shape index (κ2) is 4.61. The third-order valence-corrected chi connectivity index (χ3v) is 3.42. The van der Waals surface area contributed by atoms with Crippen molar-refractivity contribution in [2.24, 2.45) is 0 Å². The van der Waals surface area contributed by atoms with Crippen LogP contribution >= 0.6 is 11.3 Å². The first-order valence-electron chi connectivity index (χ1n) is 5.31. The molecule has 0 saturated carbocycles. The summed E-state index contributed by atoms with van der Waals surface area (Å²) in [6.45, 7) is 3.87. The fourth-order valence-corrected chi connectivity index (χ4v) is 2.46. The molecule has 16 heavy (non-hydrogen) atoms. The first kappa shape index (κ1) is 11.1. The van der Waals surface area contributed by atoms with Crippen LogP contribution in [-0.4, -0.2) is 9.97 Å². The summed E-state index contributed by atoms with van der Waals surface area (Å²) in [6, 6.07) is 4.05. The van der Waals surface area contributed by atoms with Gasteiger partial charge in [0.1, 0.15) is 5.82 Å². The molecule has 0 radical (unpaired) electrons. The van der Waals surface area contributed by atoms with E-state index in [-0.39, 0.29) is 5.56 Å². The minimum absolute atomic E-state index is 0.00144. The Hall–Kier alpha value is -1.42. The van der Waals surface area contributed by atoms with E-state index in [0.717, 1.165) is 23.5 Å². The number of aryl methyl sites for hydroxylation is 1. The first-order chi connectivity index (χ1) is 7.70. The molecule has 0 aliphatic rings. The highest BCUT2D eigenvalue weighted by Gasteiger charge is 2.06. The Labute approximate surface area is 98.2 Å². The molecule has 0 amide bonds. The van der Waals surface area contributed by atoms with E-state index in [1.54, 1.807) is 11.3 Å². The van der Waals surface area contributed by atoms with Crippen molar-refractivity contribution in [1.82, 2.24) is 9.97 Å². The topological polar surface area (TPSA) is 45.8 Å². The zero-order valence-electron chi connectivity index (χ0n) is 9.41. The van der Waals surface area contributed by atoms with E-state index in [2.05, 4.69) is 9.97 Å². The van der Waals surface area contributed by atoms with Crippen LogP contribution in [0.1, 0.15) is 28.9 Å². The van der Waals surface area contributed by atoms with Gasteiger partial charge in [-0.3, -0.25) is 4.79 Å². The molecule has 2 heterocycles. The van der Waals surface area contributed by atoms with E-state index >= 15 is 0 Å². The monoisotopic (exact) mass is 234 g/mol. The van der Waals surface area contributed by atoms with Crippen molar-refractivity contribution in [3.63, 3.8) is 0 Å². The average molecular weight is 234 g/mol. The van der Waals surface area contributed by atoms with Gasteiger partial charge in [-0.15, -0.1) is 11.3 Å². The Bertz CT molecular complexity index is 528. The standard InChI is InChI=1S/C12H14N2OS/c1-3-10-8(2)13-11(14-12(10)15)7-9-5-4-6-16-9/h4-6H,3,7H2,1-2H3,(H,13,14,15). The number of nitrogens with one attached hydrogen (secondary N) is 1. The summed E-state index contributed by atoms with van der Waals surface area (Å²) in [5.74, 6) is 0.752. The van der Waals surface area contributed by atoms with Gasteiger partial charge in [-0.25, -0.2) is 4.98 Å². The summed E-state index contributed by atoms with van der Waals surface area (Å²) in [5.41, 5.74) is 1.63. The molecule has 0 aliphatic carbocycles. The van der Waals surface area contributed by atoms with Gasteiger partial charge >= 0.3 is 0 Å². The van der Waals surface area contributed by atoms with Crippen LogP contribution in [0, 0.1) is 6.92 Å². The molecule has 0 atom stereocenters. The number of nitrogens with zero attached hydrogens (tertiary/aromatic N) is 1. The van der Waals surface area contributed by atoms with Gasteiger partial charge in [0, 0.05) is 22.6 Å². The minimum atomic E-state index is 0.00144. The predicted molar refractivity (Wildman–Crippen MR) is 66.1 cm³/mol. The quantitative estimate of drug-likeness (QED) is 0.885. The van der Waals surface area contributed by atoms with Crippen LogP contribution in [0.25, 0.3) is 0 Å². The second-order valence-corrected chi connectivity index (χ2v) is 4.72. The van der Waals surface area contributed by atoms with Gasteiger partial charge in [0.25, 0.3) is 5.56 Å². The van der Waals surface area contributed by atoms with Crippen LogP contribution in [0.4, 0.5) is 0 Å². The Morgan fingerprint density at radius 2 is 2.31 bits per heavy atom. The number of H-pyrrole nitrogens is 1. The molecule has 0 spiro atoms. The van der Waals surface area contributed by atoms with Gasteiger partial charge in [0.2, 0.25) is 0 Å². The molecule has 0 saturated heterocycles. The molecule has 84 valence electrons. The molecule has 0 aliphatic heterocycles. The number of aromatic nitrogens is 2. The summed E-state index contributed by atoms with van der Waals surface area (Å²) in [7, 11) is 0. The molecule has 0 unspecified atom stereocenters. The molecule has 4 heteroatoms. The van der Waals surface area contributed by atoms with Crippen molar-refractivity contribution in [3.05, 3.63) is 49.8 Å². The van der Waals surface area contributed by atoms with Crippen molar-refractivity contribution in [1.29, 1.82) is 0 Å². The number of hydrogen-bond donors (Lipinski definition) is 1. The van der Waals surface area contributed by atoms with Gasteiger partial charge < -0.3 is 4.98 Å². The van der Waals surface area contributed by atoms with E-state index in [1.165, 1.54) is 4.88 Å². The Kier molecular flexibility index (Phi) is 3.19. The SMILES string of the molecule is CCc1c(C)nc(Cc2cccs2)[nH]c1=O. The van der Waals surface area contributed by atoms with E-state index in [0.29, 0.717) is 6.42 Å². The average Bonchev–Trinajstić information content (AvgIpc) is 2.70. The highest BCUT2D eigenvalue weighted by atomic mass is 32.1. The fraction of sp³-hybridized carbons (Fsp3) is 0.333. The minimum Gasteiger partial charge on any atom is -0.310 e. The third kappa shape index (κ3) is 2.22.